The standard InChI is InChI=1S/C15H25N3/c1-13-9-14(11-17-10-13)12-18-8-4-3-5-15(18)6-7-16-2/h9-11,15-16H,3-8,12H2,1-2H3. The average Bonchev–Trinajstić information content (AvgIpc) is 2.38. The molecular formula is C15H25N3. The van der Waals surface area contributed by atoms with E-state index in [0.717, 1.165) is 19.1 Å². The Hall–Kier alpha value is -0.930. The third-order valence-corrected chi connectivity index (χ3v) is 3.79. The number of nitrogens with zero attached hydrogens (tertiary/aromatic N) is 2. The molecule has 1 fully saturated rings. The summed E-state index contributed by atoms with van der Waals surface area (Å²) in [7, 11) is 2.04. The molecule has 1 unspecified atom stereocenters. The third kappa shape index (κ3) is 3.79. The van der Waals surface area contributed by atoms with Crippen LogP contribution in [-0.2, 0) is 6.54 Å². The molecule has 0 spiro atoms. The predicted molar refractivity (Wildman–Crippen MR) is 75.6 cm³/mol. The molecule has 3 nitrogen and oxygen atoms in total. The van der Waals surface area contributed by atoms with E-state index in [9.17, 15) is 0 Å². The number of hydrogen-bond acceptors (Lipinski definition) is 3. The van der Waals surface area contributed by atoms with E-state index in [0.29, 0.717) is 0 Å². The van der Waals surface area contributed by atoms with Crippen LogP contribution in [0.1, 0.15) is 36.8 Å². The highest BCUT2D eigenvalue weighted by molar-refractivity contribution is 5.16. The SMILES string of the molecule is CNCCC1CCCCN1Cc1cncc(C)c1. The largest absolute Gasteiger partial charge is 0.320 e. The van der Waals surface area contributed by atoms with Gasteiger partial charge >= 0.3 is 0 Å². The Labute approximate surface area is 111 Å². The fourth-order valence-electron chi connectivity index (χ4n) is 2.84. The second kappa shape index (κ2) is 6.86. The molecule has 0 aliphatic carbocycles. The summed E-state index contributed by atoms with van der Waals surface area (Å²) in [4.78, 5) is 6.93. The van der Waals surface area contributed by atoms with Crippen molar-refractivity contribution in [1.82, 2.24) is 15.2 Å². The van der Waals surface area contributed by atoms with Gasteiger partial charge in [0.2, 0.25) is 0 Å². The van der Waals surface area contributed by atoms with Crippen LogP contribution < -0.4 is 5.32 Å². The van der Waals surface area contributed by atoms with E-state index in [4.69, 9.17) is 0 Å². The van der Waals surface area contributed by atoms with Crippen molar-refractivity contribution < 1.29 is 0 Å². The van der Waals surface area contributed by atoms with Crippen LogP contribution in [0.2, 0.25) is 0 Å². The van der Waals surface area contributed by atoms with Gasteiger partial charge in [-0.1, -0.05) is 12.5 Å². The van der Waals surface area contributed by atoms with Crippen LogP contribution in [0.5, 0.6) is 0 Å². The van der Waals surface area contributed by atoms with Crippen molar-refractivity contribution in [3.8, 4) is 0 Å². The van der Waals surface area contributed by atoms with Crippen LogP contribution in [0.25, 0.3) is 0 Å². The summed E-state index contributed by atoms with van der Waals surface area (Å²) < 4.78 is 0. The highest BCUT2D eigenvalue weighted by Gasteiger charge is 2.21. The van der Waals surface area contributed by atoms with Crippen molar-refractivity contribution in [3.05, 3.63) is 29.6 Å². The summed E-state index contributed by atoms with van der Waals surface area (Å²) in [6, 6.07) is 3.00. The number of hydrogen-bond donors (Lipinski definition) is 1. The van der Waals surface area contributed by atoms with Gasteiger partial charge in [-0.15, -0.1) is 0 Å². The highest BCUT2D eigenvalue weighted by atomic mass is 15.2. The zero-order valence-corrected chi connectivity index (χ0v) is 11.7. The Bertz CT molecular complexity index is 365. The summed E-state index contributed by atoms with van der Waals surface area (Å²) in [5.74, 6) is 0. The van der Waals surface area contributed by atoms with E-state index < -0.39 is 0 Å². The zero-order valence-electron chi connectivity index (χ0n) is 11.7. The predicted octanol–water partition coefficient (Wildman–Crippen LogP) is 2.35. The first kappa shape index (κ1) is 13.5. The molecule has 100 valence electrons. The quantitative estimate of drug-likeness (QED) is 0.865. The molecule has 18 heavy (non-hydrogen) atoms. The number of piperidine rings is 1. The lowest BCUT2D eigenvalue weighted by molar-refractivity contribution is 0.132. The van der Waals surface area contributed by atoms with Crippen molar-refractivity contribution in [2.75, 3.05) is 20.1 Å². The Morgan fingerprint density at radius 2 is 2.28 bits per heavy atom. The summed E-state index contributed by atoms with van der Waals surface area (Å²) in [5, 5.41) is 3.27. The van der Waals surface area contributed by atoms with Crippen LogP contribution in [0.3, 0.4) is 0 Å². The van der Waals surface area contributed by atoms with Gasteiger partial charge in [-0.2, -0.15) is 0 Å². The molecule has 1 N–H and O–H groups in total. The van der Waals surface area contributed by atoms with Gasteiger partial charge in [-0.25, -0.2) is 0 Å². The first-order valence-electron chi connectivity index (χ1n) is 7.09. The maximum Gasteiger partial charge on any atom is 0.0313 e. The van der Waals surface area contributed by atoms with Gasteiger partial charge in [0.05, 0.1) is 0 Å². The Balaban J connectivity index is 1.96. The molecule has 0 aromatic carbocycles. The van der Waals surface area contributed by atoms with Crippen molar-refractivity contribution in [1.29, 1.82) is 0 Å². The molecule has 2 heterocycles. The number of rotatable bonds is 5. The van der Waals surface area contributed by atoms with Gasteiger partial charge in [0.15, 0.2) is 0 Å². The molecule has 1 atom stereocenters. The molecule has 1 aliphatic heterocycles. The van der Waals surface area contributed by atoms with Crippen molar-refractivity contribution in [2.24, 2.45) is 0 Å². The smallest absolute Gasteiger partial charge is 0.0313 e. The fraction of sp³-hybridized carbons (Fsp3) is 0.667. The molecular weight excluding hydrogens is 222 g/mol. The molecule has 1 aromatic heterocycles. The van der Waals surface area contributed by atoms with Gasteiger partial charge in [0, 0.05) is 25.0 Å². The number of pyridine rings is 1. The molecule has 2 rings (SSSR count). The monoisotopic (exact) mass is 247 g/mol. The second-order valence-electron chi connectivity index (χ2n) is 5.38. The average molecular weight is 247 g/mol. The molecule has 1 aliphatic rings. The van der Waals surface area contributed by atoms with E-state index in [2.05, 4.69) is 28.2 Å². The lowest BCUT2D eigenvalue weighted by Crippen LogP contribution is -2.40. The summed E-state index contributed by atoms with van der Waals surface area (Å²) in [5.41, 5.74) is 2.61. The molecule has 0 amide bonds. The zero-order chi connectivity index (χ0) is 12.8. The van der Waals surface area contributed by atoms with Crippen LogP contribution in [0.4, 0.5) is 0 Å². The topological polar surface area (TPSA) is 28.2 Å². The fourth-order valence-corrected chi connectivity index (χ4v) is 2.84. The second-order valence-corrected chi connectivity index (χ2v) is 5.38. The highest BCUT2D eigenvalue weighted by Crippen LogP contribution is 2.21. The Kier molecular flexibility index (Phi) is 5.14. The van der Waals surface area contributed by atoms with E-state index in [1.807, 2.05) is 19.4 Å². The molecule has 0 radical (unpaired) electrons. The minimum atomic E-state index is 0.742. The minimum absolute atomic E-state index is 0.742. The minimum Gasteiger partial charge on any atom is -0.320 e. The molecule has 0 saturated carbocycles. The van der Waals surface area contributed by atoms with E-state index >= 15 is 0 Å². The third-order valence-electron chi connectivity index (χ3n) is 3.79. The number of aromatic nitrogens is 1. The number of nitrogens with one attached hydrogen (secondary N) is 1. The number of aryl methyl sites for hydroxylation is 1. The first-order chi connectivity index (χ1) is 8.79. The maximum atomic E-state index is 4.30. The Morgan fingerprint density at radius 3 is 3.06 bits per heavy atom. The van der Waals surface area contributed by atoms with Crippen LogP contribution in [0.15, 0.2) is 18.5 Å². The van der Waals surface area contributed by atoms with Gasteiger partial charge in [-0.3, -0.25) is 9.88 Å². The summed E-state index contributed by atoms with van der Waals surface area (Å²) in [6.45, 7) is 5.53. The maximum absolute atomic E-state index is 4.30. The van der Waals surface area contributed by atoms with Crippen molar-refractivity contribution >= 4 is 0 Å². The van der Waals surface area contributed by atoms with E-state index in [1.165, 1.54) is 43.4 Å². The summed E-state index contributed by atoms with van der Waals surface area (Å²) in [6.07, 6.45) is 9.28. The lowest BCUT2D eigenvalue weighted by atomic mass is 9.98. The van der Waals surface area contributed by atoms with Gasteiger partial charge in [0.1, 0.15) is 0 Å². The summed E-state index contributed by atoms with van der Waals surface area (Å²) >= 11 is 0. The van der Waals surface area contributed by atoms with Crippen LogP contribution >= 0.6 is 0 Å². The Morgan fingerprint density at radius 1 is 1.39 bits per heavy atom. The van der Waals surface area contributed by atoms with Crippen molar-refractivity contribution in [3.63, 3.8) is 0 Å². The van der Waals surface area contributed by atoms with E-state index in [-0.39, 0.29) is 0 Å². The number of likely N-dealkylation sites (tertiary alicyclic amines) is 1. The first-order valence-corrected chi connectivity index (χ1v) is 7.09. The lowest BCUT2D eigenvalue weighted by Gasteiger charge is -2.35. The van der Waals surface area contributed by atoms with Gasteiger partial charge in [0.25, 0.3) is 0 Å². The van der Waals surface area contributed by atoms with Gasteiger partial charge < -0.3 is 5.32 Å². The van der Waals surface area contributed by atoms with Gasteiger partial charge in [-0.05, 0) is 57.5 Å². The normalized spacial score (nSPS) is 21.1. The molecule has 3 heteroatoms. The van der Waals surface area contributed by atoms with Crippen LogP contribution in [0, 0.1) is 6.92 Å². The molecule has 1 aromatic rings. The molecule has 0 bridgehead atoms. The van der Waals surface area contributed by atoms with E-state index in [1.54, 1.807) is 0 Å². The van der Waals surface area contributed by atoms with Crippen LogP contribution in [-0.4, -0.2) is 36.1 Å². The van der Waals surface area contributed by atoms with Crippen molar-refractivity contribution in [2.45, 2.75) is 45.2 Å². The molecule has 1 saturated heterocycles.